The van der Waals surface area contributed by atoms with Crippen molar-refractivity contribution in [3.63, 3.8) is 0 Å². The van der Waals surface area contributed by atoms with Crippen LogP contribution in [0.1, 0.15) is 50.7 Å². The lowest BCUT2D eigenvalue weighted by Crippen LogP contribution is -2.02. The van der Waals surface area contributed by atoms with Crippen LogP contribution in [0.4, 0.5) is 4.39 Å². The molecular weight excluding hydrogens is 371 g/mol. The molecule has 0 atom stereocenters. The molecule has 0 aliphatic carbocycles. The highest BCUT2D eigenvalue weighted by Crippen LogP contribution is 2.41. The van der Waals surface area contributed by atoms with Crippen LogP contribution < -0.4 is 0 Å². The molecule has 1 heterocycles. The van der Waals surface area contributed by atoms with Gasteiger partial charge in [0.15, 0.2) is 0 Å². The number of hydrogen-bond acceptors (Lipinski definition) is 1. The van der Waals surface area contributed by atoms with E-state index in [2.05, 4.69) is 45.9 Å². The third kappa shape index (κ3) is 3.80. The van der Waals surface area contributed by atoms with Crippen molar-refractivity contribution in [2.24, 2.45) is 0 Å². The number of halogens is 1. The van der Waals surface area contributed by atoms with Crippen molar-refractivity contribution in [1.82, 2.24) is 9.78 Å². The van der Waals surface area contributed by atoms with E-state index < -0.39 is 0 Å². The second kappa shape index (κ2) is 8.27. The Hall–Kier alpha value is -3.20. The molecule has 0 fully saturated rings. The van der Waals surface area contributed by atoms with Gasteiger partial charge in [-0.3, -0.25) is 0 Å². The fourth-order valence-electron chi connectivity index (χ4n) is 4.00. The lowest BCUT2D eigenvalue weighted by Gasteiger charge is -2.21. The molecule has 0 bridgehead atoms. The number of benzene rings is 3. The minimum atomic E-state index is -0.232. The zero-order chi connectivity index (χ0) is 21.3. The Labute approximate surface area is 178 Å². The van der Waals surface area contributed by atoms with Gasteiger partial charge >= 0.3 is 0 Å². The van der Waals surface area contributed by atoms with Crippen LogP contribution in [0.5, 0.6) is 0 Å². The van der Waals surface area contributed by atoms with Gasteiger partial charge < -0.3 is 0 Å². The smallest absolute Gasteiger partial charge is 0.123 e. The van der Waals surface area contributed by atoms with Crippen LogP contribution in [0.2, 0.25) is 0 Å². The highest BCUT2D eigenvalue weighted by Gasteiger charge is 2.20. The number of aromatic nitrogens is 2. The fourth-order valence-corrected chi connectivity index (χ4v) is 4.00. The van der Waals surface area contributed by atoms with Gasteiger partial charge in [-0.05, 0) is 70.5 Å². The lowest BCUT2D eigenvalue weighted by molar-refractivity contribution is 0.628. The van der Waals surface area contributed by atoms with Gasteiger partial charge in [0.1, 0.15) is 5.82 Å². The van der Waals surface area contributed by atoms with Crippen molar-refractivity contribution in [1.29, 1.82) is 0 Å². The summed E-state index contributed by atoms with van der Waals surface area (Å²) in [6.45, 7) is 8.75. The van der Waals surface area contributed by atoms with Gasteiger partial charge in [0.25, 0.3) is 0 Å². The molecule has 0 spiro atoms. The van der Waals surface area contributed by atoms with Gasteiger partial charge in [-0.1, -0.05) is 64.1 Å². The molecule has 4 rings (SSSR count). The largest absolute Gasteiger partial charge is 0.240 e. The monoisotopic (exact) mass is 398 g/mol. The minimum Gasteiger partial charge on any atom is -0.240 e. The molecule has 152 valence electrons. The predicted octanol–water partition coefficient (Wildman–Crippen LogP) is 7.59. The number of para-hydroxylation sites is 1. The van der Waals surface area contributed by atoms with Gasteiger partial charge in [0.2, 0.25) is 0 Å². The average molecular weight is 399 g/mol. The van der Waals surface area contributed by atoms with Crippen molar-refractivity contribution in [2.45, 2.75) is 39.5 Å². The summed E-state index contributed by atoms with van der Waals surface area (Å²) >= 11 is 0. The molecule has 2 nitrogen and oxygen atoms in total. The summed E-state index contributed by atoms with van der Waals surface area (Å²) in [5.41, 5.74) is 7.28. The third-order valence-electron chi connectivity index (χ3n) is 5.51. The van der Waals surface area contributed by atoms with E-state index in [0.717, 1.165) is 28.1 Å². The molecule has 0 aliphatic rings. The molecule has 0 amide bonds. The molecule has 0 aliphatic heterocycles. The zero-order valence-corrected chi connectivity index (χ0v) is 17.9. The molecule has 1 aromatic heterocycles. The quantitative estimate of drug-likeness (QED) is 0.338. The van der Waals surface area contributed by atoms with Crippen LogP contribution in [-0.4, -0.2) is 9.78 Å². The Bertz CT molecular complexity index is 1130. The summed E-state index contributed by atoms with van der Waals surface area (Å²) in [5.74, 6) is 0.429. The molecule has 0 saturated carbocycles. The third-order valence-corrected chi connectivity index (χ3v) is 5.51. The van der Waals surface area contributed by atoms with Crippen LogP contribution >= 0.6 is 0 Å². The molecule has 3 heteroatoms. The molecule has 0 unspecified atom stereocenters. The Morgan fingerprint density at radius 2 is 1.40 bits per heavy atom. The van der Waals surface area contributed by atoms with Crippen molar-refractivity contribution in [3.8, 4) is 28.1 Å². The van der Waals surface area contributed by atoms with Gasteiger partial charge in [-0.25, -0.2) is 9.07 Å². The summed E-state index contributed by atoms with van der Waals surface area (Å²) in [7, 11) is 0. The van der Waals surface area contributed by atoms with E-state index in [1.54, 1.807) is 6.07 Å². The maximum atomic E-state index is 14.5. The maximum absolute atomic E-state index is 14.5. The van der Waals surface area contributed by atoms with Crippen LogP contribution in [0.3, 0.4) is 0 Å². The first-order valence-corrected chi connectivity index (χ1v) is 10.5. The molecular formula is C27H27FN2. The minimum absolute atomic E-state index is 0.232. The first-order valence-electron chi connectivity index (χ1n) is 10.5. The zero-order valence-electron chi connectivity index (χ0n) is 17.9. The second-order valence-corrected chi connectivity index (χ2v) is 8.29. The van der Waals surface area contributed by atoms with Crippen LogP contribution in [0.25, 0.3) is 28.1 Å². The Kier molecular flexibility index (Phi) is 5.54. The summed E-state index contributed by atoms with van der Waals surface area (Å²) < 4.78 is 16.3. The standard InChI is InChI=1S/C27H27FN2/c1-18(2)22-11-8-12-23(19(3)4)27(22)25-17-20(28)13-14-24(25)26-15-16-30(29-26)21-9-6-5-7-10-21/h5-19H,1-4H3. The van der Waals surface area contributed by atoms with Crippen molar-refractivity contribution in [3.05, 3.63) is 95.9 Å². The number of rotatable bonds is 5. The number of nitrogens with zero attached hydrogens (tertiary/aromatic N) is 2. The topological polar surface area (TPSA) is 17.8 Å². The van der Waals surface area contributed by atoms with Crippen LogP contribution in [0.15, 0.2) is 79.0 Å². The van der Waals surface area contributed by atoms with Crippen molar-refractivity contribution < 1.29 is 4.39 Å². The highest BCUT2D eigenvalue weighted by molar-refractivity contribution is 5.85. The first kappa shape index (κ1) is 20.1. The van der Waals surface area contributed by atoms with Gasteiger partial charge in [-0.2, -0.15) is 5.10 Å². The van der Waals surface area contributed by atoms with Gasteiger partial charge in [0.05, 0.1) is 11.4 Å². The molecule has 0 radical (unpaired) electrons. The SMILES string of the molecule is CC(C)c1cccc(C(C)C)c1-c1cc(F)ccc1-c1ccn(-c2ccccc2)n1. The average Bonchev–Trinajstić information content (AvgIpc) is 3.23. The van der Waals surface area contributed by atoms with Crippen molar-refractivity contribution >= 4 is 0 Å². The van der Waals surface area contributed by atoms with Gasteiger partial charge in [-0.15, -0.1) is 0 Å². The Balaban J connectivity index is 1.93. The molecule has 0 saturated heterocycles. The Morgan fingerprint density at radius 3 is 2.03 bits per heavy atom. The predicted molar refractivity (Wildman–Crippen MR) is 123 cm³/mol. The molecule has 30 heavy (non-hydrogen) atoms. The van der Waals surface area contributed by atoms with E-state index >= 15 is 0 Å². The van der Waals surface area contributed by atoms with Crippen LogP contribution in [-0.2, 0) is 0 Å². The molecule has 4 aromatic rings. The van der Waals surface area contributed by atoms with E-state index in [9.17, 15) is 4.39 Å². The van der Waals surface area contributed by atoms with Gasteiger partial charge in [0, 0.05) is 11.8 Å². The van der Waals surface area contributed by atoms with Crippen molar-refractivity contribution in [2.75, 3.05) is 0 Å². The normalized spacial score (nSPS) is 11.4. The molecule has 0 N–H and O–H groups in total. The number of hydrogen-bond donors (Lipinski definition) is 0. The lowest BCUT2D eigenvalue weighted by atomic mass is 9.83. The van der Waals surface area contributed by atoms with Crippen LogP contribution in [0, 0.1) is 5.82 Å². The highest BCUT2D eigenvalue weighted by atomic mass is 19.1. The fraction of sp³-hybridized carbons (Fsp3) is 0.222. The summed E-state index contributed by atoms with van der Waals surface area (Å²) in [6, 6.07) is 23.5. The summed E-state index contributed by atoms with van der Waals surface area (Å²) in [6.07, 6.45) is 1.95. The van der Waals surface area contributed by atoms with E-state index in [-0.39, 0.29) is 5.82 Å². The van der Waals surface area contributed by atoms with E-state index in [1.165, 1.54) is 17.2 Å². The second-order valence-electron chi connectivity index (χ2n) is 8.29. The maximum Gasteiger partial charge on any atom is 0.123 e. The summed E-state index contributed by atoms with van der Waals surface area (Å²) in [5, 5.41) is 4.81. The summed E-state index contributed by atoms with van der Waals surface area (Å²) in [4.78, 5) is 0. The first-order chi connectivity index (χ1) is 14.5. The Morgan fingerprint density at radius 1 is 0.733 bits per heavy atom. The molecule has 3 aromatic carbocycles. The van der Waals surface area contributed by atoms with E-state index in [4.69, 9.17) is 5.10 Å². The van der Waals surface area contributed by atoms with E-state index in [0.29, 0.717) is 11.8 Å². The van der Waals surface area contributed by atoms with E-state index in [1.807, 2.05) is 53.3 Å².